The molecule has 0 saturated carbocycles. The first-order chi connectivity index (χ1) is 14.4. The second kappa shape index (κ2) is 12.4. The summed E-state index contributed by atoms with van der Waals surface area (Å²) >= 11 is 0. The molecule has 0 aliphatic heterocycles. The second-order valence-electron chi connectivity index (χ2n) is 8.56. The Morgan fingerprint density at radius 1 is 0.567 bits per heavy atom. The van der Waals surface area contributed by atoms with Crippen LogP contribution in [-0.2, 0) is 0 Å². The van der Waals surface area contributed by atoms with Gasteiger partial charge in [0.1, 0.15) is 5.75 Å². The monoisotopic (exact) mass is 404 g/mol. The first kappa shape index (κ1) is 24.0. The molecule has 0 amide bonds. The molecule has 1 nitrogen and oxygen atoms in total. The molecule has 0 N–H and O–H groups in total. The molecule has 0 fully saturated rings. The maximum absolute atomic E-state index is 5.88. The van der Waals surface area contributed by atoms with Gasteiger partial charge in [0.05, 0.1) is 6.61 Å². The van der Waals surface area contributed by atoms with Crippen LogP contribution in [-0.4, -0.2) is 6.61 Å². The minimum absolute atomic E-state index is 0.857. The molecular weight excluding hydrogens is 364 g/mol. The maximum Gasteiger partial charge on any atom is 0.122 e. The fourth-order valence-corrected chi connectivity index (χ4v) is 3.75. The molecule has 162 valence electrons. The van der Waals surface area contributed by atoms with Crippen molar-refractivity contribution in [3.8, 4) is 5.75 Å². The van der Waals surface area contributed by atoms with Crippen molar-refractivity contribution in [2.75, 3.05) is 6.61 Å². The van der Waals surface area contributed by atoms with Gasteiger partial charge < -0.3 is 4.74 Å². The number of hydrogen-bond donors (Lipinski definition) is 0. The highest BCUT2D eigenvalue weighted by Crippen LogP contribution is 2.23. The third kappa shape index (κ3) is 7.20. The SMILES string of the molecule is CCCCCCCCOc1cc(C)c(C)cc1C.Cc1ccc(C)c2ccccc12. The van der Waals surface area contributed by atoms with E-state index in [0.29, 0.717) is 0 Å². The zero-order chi connectivity index (χ0) is 21.9. The average Bonchev–Trinajstić information content (AvgIpc) is 2.74. The van der Waals surface area contributed by atoms with E-state index in [9.17, 15) is 0 Å². The van der Waals surface area contributed by atoms with Crippen LogP contribution >= 0.6 is 0 Å². The third-order valence-electron chi connectivity index (χ3n) is 5.91. The van der Waals surface area contributed by atoms with E-state index < -0.39 is 0 Å². The lowest BCUT2D eigenvalue weighted by Gasteiger charge is -2.11. The fraction of sp³-hybridized carbons (Fsp3) is 0.448. The van der Waals surface area contributed by atoms with Crippen LogP contribution in [0.4, 0.5) is 0 Å². The van der Waals surface area contributed by atoms with E-state index in [1.165, 1.54) is 77.1 Å². The van der Waals surface area contributed by atoms with Crippen molar-refractivity contribution >= 4 is 10.8 Å². The van der Waals surface area contributed by atoms with Crippen LogP contribution in [0.3, 0.4) is 0 Å². The van der Waals surface area contributed by atoms with Crippen molar-refractivity contribution in [3.63, 3.8) is 0 Å². The van der Waals surface area contributed by atoms with Gasteiger partial charge in [0.25, 0.3) is 0 Å². The summed E-state index contributed by atoms with van der Waals surface area (Å²) in [5, 5.41) is 2.75. The number of unbranched alkanes of at least 4 members (excludes halogenated alkanes) is 5. The third-order valence-corrected chi connectivity index (χ3v) is 5.91. The Labute approximate surface area is 184 Å². The largest absolute Gasteiger partial charge is 0.493 e. The van der Waals surface area contributed by atoms with E-state index in [4.69, 9.17) is 4.74 Å². The van der Waals surface area contributed by atoms with Crippen LogP contribution in [0.1, 0.15) is 73.3 Å². The van der Waals surface area contributed by atoms with Crippen LogP contribution in [0.2, 0.25) is 0 Å². The Balaban J connectivity index is 0.000000230. The summed E-state index contributed by atoms with van der Waals surface area (Å²) in [5.74, 6) is 1.06. The number of hydrogen-bond acceptors (Lipinski definition) is 1. The summed E-state index contributed by atoms with van der Waals surface area (Å²) in [7, 11) is 0. The highest BCUT2D eigenvalue weighted by atomic mass is 16.5. The molecule has 3 aromatic rings. The molecule has 0 unspecified atom stereocenters. The number of ether oxygens (including phenoxy) is 1. The van der Waals surface area contributed by atoms with Gasteiger partial charge in [-0.2, -0.15) is 0 Å². The zero-order valence-corrected chi connectivity index (χ0v) is 20.0. The minimum atomic E-state index is 0.857. The summed E-state index contributed by atoms with van der Waals surface area (Å²) in [4.78, 5) is 0. The minimum Gasteiger partial charge on any atom is -0.493 e. The number of fused-ring (bicyclic) bond motifs is 1. The smallest absolute Gasteiger partial charge is 0.122 e. The van der Waals surface area contributed by atoms with Crippen molar-refractivity contribution < 1.29 is 4.74 Å². The summed E-state index contributed by atoms with van der Waals surface area (Å²) in [6, 6.07) is 17.3. The fourth-order valence-electron chi connectivity index (χ4n) is 3.75. The van der Waals surface area contributed by atoms with Gasteiger partial charge in [-0.05, 0) is 85.7 Å². The summed E-state index contributed by atoms with van der Waals surface area (Å²) in [6.07, 6.45) is 7.89. The first-order valence-electron chi connectivity index (χ1n) is 11.6. The molecule has 3 rings (SSSR count). The Bertz CT molecular complexity index is 883. The lowest BCUT2D eigenvalue weighted by molar-refractivity contribution is 0.302. The molecule has 30 heavy (non-hydrogen) atoms. The molecule has 0 aliphatic carbocycles. The van der Waals surface area contributed by atoms with E-state index in [2.05, 4.69) is 90.1 Å². The predicted octanol–water partition coefficient (Wildman–Crippen LogP) is 8.81. The van der Waals surface area contributed by atoms with Crippen LogP contribution in [0.5, 0.6) is 5.75 Å². The van der Waals surface area contributed by atoms with Gasteiger partial charge in [0, 0.05) is 0 Å². The van der Waals surface area contributed by atoms with Gasteiger partial charge in [0.2, 0.25) is 0 Å². The summed E-state index contributed by atoms with van der Waals surface area (Å²) < 4.78 is 5.88. The van der Waals surface area contributed by atoms with Crippen molar-refractivity contribution in [2.24, 2.45) is 0 Å². The molecule has 0 atom stereocenters. The van der Waals surface area contributed by atoms with Crippen molar-refractivity contribution in [1.29, 1.82) is 0 Å². The Hall–Kier alpha value is -2.28. The maximum atomic E-state index is 5.88. The van der Waals surface area contributed by atoms with E-state index in [0.717, 1.165) is 12.4 Å². The van der Waals surface area contributed by atoms with Gasteiger partial charge in [-0.25, -0.2) is 0 Å². The lowest BCUT2D eigenvalue weighted by atomic mass is 10.0. The van der Waals surface area contributed by atoms with E-state index in [1.54, 1.807) is 0 Å². The van der Waals surface area contributed by atoms with Gasteiger partial charge in [-0.1, -0.05) is 81.5 Å². The molecule has 0 heterocycles. The quantitative estimate of drug-likeness (QED) is 0.341. The molecule has 0 spiro atoms. The zero-order valence-electron chi connectivity index (χ0n) is 20.0. The highest BCUT2D eigenvalue weighted by molar-refractivity contribution is 5.88. The van der Waals surface area contributed by atoms with Crippen LogP contribution in [0.25, 0.3) is 10.8 Å². The van der Waals surface area contributed by atoms with Crippen molar-refractivity contribution in [1.82, 2.24) is 0 Å². The highest BCUT2D eigenvalue weighted by Gasteiger charge is 2.02. The lowest BCUT2D eigenvalue weighted by Crippen LogP contribution is -2.00. The molecule has 0 aromatic heterocycles. The average molecular weight is 405 g/mol. The molecule has 0 bridgehead atoms. The van der Waals surface area contributed by atoms with Gasteiger partial charge in [-0.15, -0.1) is 0 Å². The molecule has 1 heteroatoms. The number of benzene rings is 3. The molecular formula is C29H40O. The predicted molar refractivity (Wildman–Crippen MR) is 133 cm³/mol. The van der Waals surface area contributed by atoms with E-state index in [-0.39, 0.29) is 0 Å². The summed E-state index contributed by atoms with van der Waals surface area (Å²) in [5.41, 5.74) is 6.63. The van der Waals surface area contributed by atoms with Crippen LogP contribution < -0.4 is 4.74 Å². The molecule has 0 radical (unpaired) electrons. The van der Waals surface area contributed by atoms with E-state index >= 15 is 0 Å². The normalized spacial score (nSPS) is 10.6. The molecule has 0 saturated heterocycles. The first-order valence-corrected chi connectivity index (χ1v) is 11.6. The standard InChI is InChI=1S/C17H28O.C12H12/c1-5-6-7-8-9-10-11-18-17-13-15(3)14(2)12-16(17)4;1-9-7-8-10(2)12-6-4-3-5-11(9)12/h12-13H,5-11H2,1-4H3;3-8H,1-2H3. The molecule has 3 aromatic carbocycles. The molecule has 0 aliphatic rings. The van der Waals surface area contributed by atoms with Crippen LogP contribution in [0.15, 0.2) is 48.5 Å². The number of aryl methyl sites for hydroxylation is 5. The van der Waals surface area contributed by atoms with Gasteiger partial charge in [-0.3, -0.25) is 0 Å². The second-order valence-corrected chi connectivity index (χ2v) is 8.56. The number of rotatable bonds is 8. The Morgan fingerprint density at radius 3 is 1.70 bits per heavy atom. The van der Waals surface area contributed by atoms with Gasteiger partial charge >= 0.3 is 0 Å². The topological polar surface area (TPSA) is 9.23 Å². The van der Waals surface area contributed by atoms with Crippen LogP contribution in [0, 0.1) is 34.6 Å². The Morgan fingerprint density at radius 2 is 1.10 bits per heavy atom. The van der Waals surface area contributed by atoms with Crippen molar-refractivity contribution in [3.05, 3.63) is 76.3 Å². The van der Waals surface area contributed by atoms with E-state index in [1.807, 2.05) is 0 Å². The van der Waals surface area contributed by atoms with Crippen molar-refractivity contribution in [2.45, 2.75) is 80.1 Å². The summed E-state index contributed by atoms with van der Waals surface area (Å²) in [6.45, 7) is 13.8. The van der Waals surface area contributed by atoms with Gasteiger partial charge in [0.15, 0.2) is 0 Å². The Kier molecular flexibility index (Phi) is 9.94.